The molecule has 1 aliphatic heterocycles. The number of hydrogen-bond donors (Lipinski definition) is 1. The minimum atomic E-state index is -1.08. The molecule has 1 heterocycles. The lowest BCUT2D eigenvalue weighted by atomic mass is 9.94. The molecule has 0 spiro atoms. The van der Waals surface area contributed by atoms with Crippen molar-refractivity contribution in [3.63, 3.8) is 0 Å². The van der Waals surface area contributed by atoms with E-state index in [1.165, 1.54) is 38.1 Å². The molecule has 1 saturated carbocycles. The molecule has 2 fully saturated rings. The quantitative estimate of drug-likeness (QED) is 0.798. The summed E-state index contributed by atoms with van der Waals surface area (Å²) in [4.78, 5) is 6.19. The van der Waals surface area contributed by atoms with Gasteiger partial charge in [-0.15, -0.1) is 0 Å². The fourth-order valence-electron chi connectivity index (χ4n) is 3.39. The maximum absolute atomic E-state index is 9.57. The van der Waals surface area contributed by atoms with E-state index >= 15 is 0 Å². The molecule has 1 saturated heterocycles. The zero-order chi connectivity index (χ0) is 13.2. The van der Waals surface area contributed by atoms with E-state index in [-0.39, 0.29) is 12.6 Å². The molecule has 1 N–H and O–H groups in total. The second-order valence-electron chi connectivity index (χ2n) is 7.22. The Labute approximate surface area is 112 Å². The molecule has 0 bridgehead atoms. The molecular weight excluding hydrogens is 242 g/mol. The molecular formula is C14H29NO2Si. The van der Waals surface area contributed by atoms with Gasteiger partial charge in [0.1, 0.15) is 0 Å². The second kappa shape index (κ2) is 6.03. The Bertz CT molecular complexity index is 261. The highest BCUT2D eigenvalue weighted by molar-refractivity contribution is 6.76. The zero-order valence-corrected chi connectivity index (χ0v) is 13.2. The van der Waals surface area contributed by atoms with Gasteiger partial charge in [0, 0.05) is 14.1 Å². The molecule has 4 heteroatoms. The summed E-state index contributed by atoms with van der Waals surface area (Å²) in [5, 5.41) is 11.7. The third-order valence-electron chi connectivity index (χ3n) is 4.15. The van der Waals surface area contributed by atoms with E-state index in [0.717, 1.165) is 6.42 Å². The van der Waals surface area contributed by atoms with Gasteiger partial charge in [0.25, 0.3) is 0 Å². The van der Waals surface area contributed by atoms with Gasteiger partial charge in [0.05, 0.1) is 18.8 Å². The molecule has 0 unspecified atom stereocenters. The first-order valence-electron chi connectivity index (χ1n) is 7.55. The minimum Gasteiger partial charge on any atom is -0.395 e. The third-order valence-corrected chi connectivity index (χ3v) is 5.83. The maximum Gasteiger partial charge on any atom is 0.0786 e. The summed E-state index contributed by atoms with van der Waals surface area (Å²) in [5.41, 5.74) is 0. The molecule has 106 valence electrons. The van der Waals surface area contributed by atoms with E-state index in [1.807, 2.05) is 0 Å². The minimum absolute atomic E-state index is 0.245. The van der Waals surface area contributed by atoms with Gasteiger partial charge in [0.15, 0.2) is 0 Å². The summed E-state index contributed by atoms with van der Waals surface area (Å²) in [6, 6.07) is 2.02. The normalized spacial score (nSPS) is 32.0. The van der Waals surface area contributed by atoms with E-state index in [9.17, 15) is 5.11 Å². The molecule has 2 aliphatic rings. The Morgan fingerprint density at radius 1 is 1.17 bits per heavy atom. The Kier molecular flexibility index (Phi) is 4.86. The molecule has 0 aromatic heterocycles. The molecule has 2 rings (SSSR count). The lowest BCUT2D eigenvalue weighted by Gasteiger charge is -2.33. The van der Waals surface area contributed by atoms with Gasteiger partial charge in [-0.3, -0.25) is 4.84 Å². The highest BCUT2D eigenvalue weighted by Crippen LogP contribution is 2.33. The van der Waals surface area contributed by atoms with Crippen molar-refractivity contribution in [3.8, 4) is 0 Å². The summed E-state index contributed by atoms with van der Waals surface area (Å²) in [7, 11) is -1.08. The molecule has 2 atom stereocenters. The highest BCUT2D eigenvalue weighted by atomic mass is 28.3. The zero-order valence-electron chi connectivity index (χ0n) is 12.2. The van der Waals surface area contributed by atoms with Gasteiger partial charge in [0.2, 0.25) is 0 Å². The van der Waals surface area contributed by atoms with E-state index in [1.54, 1.807) is 0 Å². The Morgan fingerprint density at radius 2 is 1.83 bits per heavy atom. The molecule has 0 aromatic rings. The van der Waals surface area contributed by atoms with Crippen LogP contribution < -0.4 is 0 Å². The standard InChI is InChI=1S/C14H29NO2Si/c1-18(2,3)11-14-9-13(10-16)15(17-14)12-7-5-4-6-8-12/h12-14,16H,4-11H2,1-3H3/t13-,14+/m1/s1. The van der Waals surface area contributed by atoms with Gasteiger partial charge >= 0.3 is 0 Å². The first-order valence-corrected chi connectivity index (χ1v) is 11.3. The smallest absolute Gasteiger partial charge is 0.0786 e. The Hall–Kier alpha value is 0.0969. The van der Waals surface area contributed by atoms with Crippen molar-refractivity contribution in [2.75, 3.05) is 6.61 Å². The molecule has 0 amide bonds. The molecule has 0 aromatic carbocycles. The van der Waals surface area contributed by atoms with Crippen LogP contribution in [0.4, 0.5) is 0 Å². The Morgan fingerprint density at radius 3 is 2.39 bits per heavy atom. The van der Waals surface area contributed by atoms with E-state index in [4.69, 9.17) is 4.84 Å². The van der Waals surface area contributed by atoms with Crippen molar-refractivity contribution in [2.24, 2.45) is 0 Å². The van der Waals surface area contributed by atoms with E-state index in [0.29, 0.717) is 12.1 Å². The SMILES string of the molecule is C[Si](C)(C)C[C@@H]1C[C@H](CO)N(C2CCCCC2)O1. The van der Waals surface area contributed by atoms with E-state index < -0.39 is 8.07 Å². The largest absolute Gasteiger partial charge is 0.395 e. The summed E-state index contributed by atoms with van der Waals surface area (Å²) in [6.45, 7) is 7.44. The van der Waals surface area contributed by atoms with Crippen LogP contribution in [0.3, 0.4) is 0 Å². The summed E-state index contributed by atoms with van der Waals surface area (Å²) >= 11 is 0. The first kappa shape index (κ1) is 14.5. The first-order chi connectivity index (χ1) is 8.49. The topological polar surface area (TPSA) is 32.7 Å². The molecule has 3 nitrogen and oxygen atoms in total. The number of nitrogens with zero attached hydrogens (tertiary/aromatic N) is 1. The number of aliphatic hydroxyl groups excluding tert-OH is 1. The highest BCUT2D eigenvalue weighted by Gasteiger charge is 2.39. The van der Waals surface area contributed by atoms with Crippen LogP contribution in [0.25, 0.3) is 0 Å². The van der Waals surface area contributed by atoms with Gasteiger partial charge in [-0.1, -0.05) is 38.9 Å². The second-order valence-corrected chi connectivity index (χ2v) is 12.7. The van der Waals surface area contributed by atoms with Crippen LogP contribution in [-0.2, 0) is 4.84 Å². The lowest BCUT2D eigenvalue weighted by molar-refractivity contribution is -0.195. The molecule has 18 heavy (non-hydrogen) atoms. The summed E-state index contributed by atoms with van der Waals surface area (Å²) in [6.07, 6.45) is 7.88. The monoisotopic (exact) mass is 271 g/mol. The predicted octanol–water partition coefficient (Wildman–Crippen LogP) is 3.02. The van der Waals surface area contributed by atoms with Crippen LogP contribution >= 0.6 is 0 Å². The maximum atomic E-state index is 9.57. The van der Waals surface area contributed by atoms with E-state index in [2.05, 4.69) is 24.7 Å². The fraction of sp³-hybridized carbons (Fsp3) is 1.00. The Balaban J connectivity index is 1.93. The van der Waals surface area contributed by atoms with Crippen molar-refractivity contribution in [1.29, 1.82) is 0 Å². The van der Waals surface area contributed by atoms with Crippen LogP contribution in [0, 0.1) is 0 Å². The predicted molar refractivity (Wildman–Crippen MR) is 77.2 cm³/mol. The van der Waals surface area contributed by atoms with Crippen molar-refractivity contribution in [2.45, 2.75) is 82.4 Å². The number of rotatable bonds is 4. The average Bonchev–Trinajstić information content (AvgIpc) is 2.71. The van der Waals surface area contributed by atoms with Gasteiger partial charge < -0.3 is 5.11 Å². The van der Waals surface area contributed by atoms with Crippen molar-refractivity contribution >= 4 is 8.07 Å². The number of hydrogen-bond acceptors (Lipinski definition) is 3. The van der Waals surface area contributed by atoms with Gasteiger partial charge in [-0.2, -0.15) is 5.06 Å². The number of hydroxylamine groups is 2. The lowest BCUT2D eigenvalue weighted by Crippen LogP contribution is -2.41. The summed E-state index contributed by atoms with van der Waals surface area (Å²) in [5.74, 6) is 0. The van der Waals surface area contributed by atoms with Crippen molar-refractivity contribution < 1.29 is 9.94 Å². The van der Waals surface area contributed by atoms with Gasteiger partial charge in [-0.05, 0) is 25.3 Å². The molecule has 0 radical (unpaired) electrons. The fourth-order valence-corrected chi connectivity index (χ4v) is 4.99. The van der Waals surface area contributed by atoms with Crippen LogP contribution in [0.2, 0.25) is 25.7 Å². The van der Waals surface area contributed by atoms with Crippen molar-refractivity contribution in [1.82, 2.24) is 5.06 Å². The summed E-state index contributed by atoms with van der Waals surface area (Å²) < 4.78 is 0. The average molecular weight is 271 g/mol. The van der Waals surface area contributed by atoms with Crippen LogP contribution in [0.1, 0.15) is 38.5 Å². The van der Waals surface area contributed by atoms with Gasteiger partial charge in [-0.25, -0.2) is 0 Å². The van der Waals surface area contributed by atoms with Crippen molar-refractivity contribution in [3.05, 3.63) is 0 Å². The molecule has 1 aliphatic carbocycles. The van der Waals surface area contributed by atoms with Crippen LogP contribution in [-0.4, -0.2) is 43.0 Å². The van der Waals surface area contributed by atoms with Crippen LogP contribution in [0.5, 0.6) is 0 Å². The van der Waals surface area contributed by atoms with Crippen LogP contribution in [0.15, 0.2) is 0 Å². The third kappa shape index (κ3) is 3.79. The number of aliphatic hydroxyl groups is 1.